The van der Waals surface area contributed by atoms with Crippen LogP contribution in [0.5, 0.6) is 0 Å². The molecule has 1 saturated heterocycles. The Morgan fingerprint density at radius 3 is 2.55 bits per heavy atom. The predicted molar refractivity (Wildman–Crippen MR) is 137 cm³/mol. The van der Waals surface area contributed by atoms with Crippen LogP contribution in [0.2, 0.25) is 0 Å². The van der Waals surface area contributed by atoms with Crippen LogP contribution in [0.25, 0.3) is 0 Å². The minimum absolute atomic E-state index is 0. The molecule has 1 amide bonds. The molecular weight excluding hydrogens is 525 g/mol. The first-order valence-electron chi connectivity index (χ1n) is 10.2. The lowest BCUT2D eigenvalue weighted by molar-refractivity contribution is -0.127. The summed E-state index contributed by atoms with van der Waals surface area (Å²) in [6.07, 6.45) is 0. The summed E-state index contributed by atoms with van der Waals surface area (Å²) in [5.74, 6) is 0.649. The molecule has 1 aliphatic heterocycles. The highest BCUT2D eigenvalue weighted by Gasteiger charge is 2.23. The Morgan fingerprint density at radius 2 is 1.90 bits per heavy atom. The number of hydrogen-bond donors (Lipinski definition) is 2. The largest absolute Gasteiger partial charge is 0.379 e. The van der Waals surface area contributed by atoms with E-state index in [-0.39, 0.29) is 42.5 Å². The van der Waals surface area contributed by atoms with E-state index < -0.39 is 0 Å². The molecule has 2 aromatic rings. The van der Waals surface area contributed by atoms with Crippen LogP contribution >= 0.6 is 35.3 Å². The zero-order chi connectivity index (χ0) is 21.2. The summed E-state index contributed by atoms with van der Waals surface area (Å²) >= 11 is 1.77. The molecule has 1 unspecified atom stereocenters. The first kappa shape index (κ1) is 25.6. The van der Waals surface area contributed by atoms with Gasteiger partial charge in [-0.05, 0) is 17.0 Å². The number of guanidine groups is 1. The molecule has 9 heteroatoms. The standard InChI is InChI=1S/C22H31N5O2S.HI/c1-26(2)21(28)17-25-22(23-15-18-7-4-3-5-8-18)24-16-19(20-9-6-14-30-20)27-10-12-29-13-11-27;/h3-9,14,19H,10-13,15-17H2,1-2H3,(H2,23,24,25);1H. The lowest BCUT2D eigenvalue weighted by Crippen LogP contribution is -2.47. The average molecular weight is 558 g/mol. The molecule has 31 heavy (non-hydrogen) atoms. The smallest absolute Gasteiger partial charge is 0.241 e. The second kappa shape index (κ2) is 13.7. The van der Waals surface area contributed by atoms with Gasteiger partial charge in [0.2, 0.25) is 5.91 Å². The molecule has 2 heterocycles. The fourth-order valence-corrected chi connectivity index (χ4v) is 4.08. The Morgan fingerprint density at radius 1 is 1.16 bits per heavy atom. The maximum Gasteiger partial charge on any atom is 0.241 e. The number of halogens is 1. The molecule has 1 aromatic carbocycles. The number of carbonyl (C=O) groups excluding carboxylic acids is 1. The Labute approximate surface area is 205 Å². The van der Waals surface area contributed by atoms with Gasteiger partial charge in [-0.2, -0.15) is 0 Å². The molecule has 0 aliphatic carbocycles. The summed E-state index contributed by atoms with van der Waals surface area (Å²) in [5, 5.41) is 8.76. The van der Waals surface area contributed by atoms with E-state index in [2.05, 4.69) is 33.0 Å². The number of likely N-dealkylation sites (N-methyl/N-ethyl adjacent to an activating group) is 1. The lowest BCUT2D eigenvalue weighted by Gasteiger charge is -2.34. The van der Waals surface area contributed by atoms with Crippen molar-refractivity contribution in [2.75, 3.05) is 53.5 Å². The Hall–Kier alpha value is -1.69. The highest BCUT2D eigenvalue weighted by molar-refractivity contribution is 14.0. The fraction of sp³-hybridized carbons (Fsp3) is 0.455. The Bertz CT molecular complexity index is 795. The molecule has 0 spiro atoms. The van der Waals surface area contributed by atoms with Crippen molar-refractivity contribution in [1.29, 1.82) is 0 Å². The van der Waals surface area contributed by atoms with Gasteiger partial charge in [0.25, 0.3) is 0 Å². The first-order valence-corrected chi connectivity index (χ1v) is 11.1. The summed E-state index contributed by atoms with van der Waals surface area (Å²) < 4.78 is 5.53. The van der Waals surface area contributed by atoms with Gasteiger partial charge in [0, 0.05) is 38.6 Å². The Balaban J connectivity index is 0.00000341. The van der Waals surface area contributed by atoms with Crippen LogP contribution in [-0.4, -0.2) is 75.2 Å². The summed E-state index contributed by atoms with van der Waals surface area (Å²) in [5.41, 5.74) is 1.13. The molecule has 3 rings (SSSR count). The van der Waals surface area contributed by atoms with E-state index in [9.17, 15) is 4.79 Å². The number of aliphatic imine (C=N–C) groups is 1. The third-order valence-electron chi connectivity index (χ3n) is 4.99. The Kier molecular flexibility index (Phi) is 11.3. The maximum absolute atomic E-state index is 12.1. The molecule has 0 radical (unpaired) electrons. The summed E-state index contributed by atoms with van der Waals surface area (Å²) in [4.78, 5) is 22.1. The van der Waals surface area contributed by atoms with Gasteiger partial charge in [0.1, 0.15) is 0 Å². The van der Waals surface area contributed by atoms with Crippen LogP contribution in [0, 0.1) is 0 Å². The number of benzene rings is 1. The molecule has 7 nitrogen and oxygen atoms in total. The quantitative estimate of drug-likeness (QED) is 0.297. The summed E-state index contributed by atoms with van der Waals surface area (Å²) in [7, 11) is 3.51. The zero-order valence-electron chi connectivity index (χ0n) is 18.1. The van der Waals surface area contributed by atoms with Gasteiger partial charge in [0.15, 0.2) is 5.96 Å². The van der Waals surface area contributed by atoms with E-state index >= 15 is 0 Å². The van der Waals surface area contributed by atoms with Crippen LogP contribution in [0.15, 0.2) is 52.8 Å². The number of amides is 1. The highest BCUT2D eigenvalue weighted by atomic mass is 127. The minimum atomic E-state index is 0. The second-order valence-corrected chi connectivity index (χ2v) is 8.33. The van der Waals surface area contributed by atoms with Gasteiger partial charge < -0.3 is 20.3 Å². The van der Waals surface area contributed by atoms with Crippen LogP contribution in [0.3, 0.4) is 0 Å². The van der Waals surface area contributed by atoms with Crippen LogP contribution in [0.4, 0.5) is 0 Å². The van der Waals surface area contributed by atoms with E-state index in [1.54, 1.807) is 30.3 Å². The highest BCUT2D eigenvalue weighted by Crippen LogP contribution is 2.25. The number of rotatable bonds is 8. The number of nitrogens with one attached hydrogen (secondary N) is 2. The summed E-state index contributed by atoms with van der Waals surface area (Å²) in [6.45, 7) is 4.79. The third-order valence-corrected chi connectivity index (χ3v) is 5.96. The van der Waals surface area contributed by atoms with Gasteiger partial charge in [0.05, 0.1) is 32.3 Å². The molecule has 1 fully saturated rings. The first-order chi connectivity index (χ1) is 14.6. The van der Waals surface area contributed by atoms with Crippen molar-refractivity contribution in [3.8, 4) is 0 Å². The van der Waals surface area contributed by atoms with Gasteiger partial charge >= 0.3 is 0 Å². The predicted octanol–water partition coefficient (Wildman–Crippen LogP) is 2.56. The van der Waals surface area contributed by atoms with Crippen LogP contribution < -0.4 is 10.6 Å². The number of hydrogen-bond acceptors (Lipinski definition) is 5. The molecule has 0 saturated carbocycles. The second-order valence-electron chi connectivity index (χ2n) is 7.35. The maximum atomic E-state index is 12.1. The van der Waals surface area contributed by atoms with Crippen molar-refractivity contribution < 1.29 is 9.53 Å². The number of thiophene rings is 1. The lowest BCUT2D eigenvalue weighted by atomic mass is 10.2. The third kappa shape index (κ3) is 8.40. The van der Waals surface area contributed by atoms with Gasteiger partial charge in [-0.15, -0.1) is 35.3 Å². The van der Waals surface area contributed by atoms with E-state index in [4.69, 9.17) is 9.73 Å². The van der Waals surface area contributed by atoms with Gasteiger partial charge in [-0.3, -0.25) is 9.69 Å². The van der Waals surface area contributed by atoms with Crippen molar-refractivity contribution in [3.63, 3.8) is 0 Å². The number of carbonyl (C=O) groups is 1. The molecule has 170 valence electrons. The molecule has 2 N–H and O–H groups in total. The fourth-order valence-electron chi connectivity index (χ4n) is 3.22. The average Bonchev–Trinajstić information content (AvgIpc) is 3.31. The molecule has 0 bridgehead atoms. The van der Waals surface area contributed by atoms with Crippen molar-refractivity contribution in [1.82, 2.24) is 20.4 Å². The number of nitrogens with zero attached hydrogens (tertiary/aromatic N) is 3. The molecule has 1 aromatic heterocycles. The van der Waals surface area contributed by atoms with Gasteiger partial charge in [-0.1, -0.05) is 36.4 Å². The topological polar surface area (TPSA) is 69.2 Å². The zero-order valence-corrected chi connectivity index (χ0v) is 21.3. The van der Waals surface area contributed by atoms with E-state index in [1.165, 1.54) is 4.88 Å². The summed E-state index contributed by atoms with van der Waals surface area (Å²) in [6, 6.07) is 14.6. The van der Waals surface area contributed by atoms with Crippen molar-refractivity contribution in [3.05, 3.63) is 58.3 Å². The minimum Gasteiger partial charge on any atom is -0.379 e. The van der Waals surface area contributed by atoms with Crippen LogP contribution in [0.1, 0.15) is 16.5 Å². The number of morpholine rings is 1. The molecule has 1 atom stereocenters. The van der Waals surface area contributed by atoms with E-state index in [0.717, 1.165) is 31.9 Å². The van der Waals surface area contributed by atoms with Crippen molar-refractivity contribution in [2.45, 2.75) is 12.6 Å². The van der Waals surface area contributed by atoms with E-state index in [1.807, 2.05) is 30.3 Å². The normalized spacial score (nSPS) is 15.6. The van der Waals surface area contributed by atoms with E-state index in [0.29, 0.717) is 19.0 Å². The monoisotopic (exact) mass is 557 g/mol. The van der Waals surface area contributed by atoms with Crippen molar-refractivity contribution in [2.24, 2.45) is 4.99 Å². The molecular formula is C22H32IN5O2S. The molecule has 1 aliphatic rings. The van der Waals surface area contributed by atoms with Crippen LogP contribution in [-0.2, 0) is 16.1 Å². The van der Waals surface area contributed by atoms with Crippen molar-refractivity contribution >= 4 is 47.2 Å². The SMILES string of the molecule is CN(C)C(=O)CNC(=NCc1ccccc1)NCC(c1cccs1)N1CCOCC1.I. The van der Waals surface area contributed by atoms with Gasteiger partial charge in [-0.25, -0.2) is 4.99 Å². The number of ether oxygens (including phenoxy) is 1.